The summed E-state index contributed by atoms with van der Waals surface area (Å²) in [5, 5.41) is 12.0. The van der Waals surface area contributed by atoms with Crippen LogP contribution in [0.15, 0.2) is 101 Å². The summed E-state index contributed by atoms with van der Waals surface area (Å²) in [4.78, 5) is 28.4. The Morgan fingerprint density at radius 2 is 1.48 bits per heavy atom. The summed E-state index contributed by atoms with van der Waals surface area (Å²) in [6.45, 7) is 11.7. The highest BCUT2D eigenvalue weighted by Crippen LogP contribution is 2.58. The lowest BCUT2D eigenvalue weighted by atomic mass is 9.77. The van der Waals surface area contributed by atoms with Gasteiger partial charge in [-0.15, -0.1) is 0 Å². The number of benzene rings is 5. The Labute approximate surface area is 289 Å². The fourth-order valence-corrected chi connectivity index (χ4v) is 7.78. The Hall–Kier alpha value is -5.89. The van der Waals surface area contributed by atoms with E-state index < -0.39 is 17.5 Å². The summed E-state index contributed by atoms with van der Waals surface area (Å²) < 4.78 is 22.3. The molecule has 8 nitrogen and oxygen atoms in total. The molecule has 0 saturated carbocycles. The standard InChI is InChI=1S/C42H36N2O6/c1-5-43(6-2)25-17-19-30-35(21-25)48-36-24-34-38(23-31(36)39(30)27-13-9-10-14-28(27)40(45)46)49-37-22-26(44(7-3)8-4)18-20-33(37)42(34)32-16-12-11-15-29(32)41(47)50-42/h9-24H,5-8H2,1-4H3/p+1/t42-/m0/s1. The maximum atomic E-state index is 13.6. The number of anilines is 1. The van der Waals surface area contributed by atoms with Gasteiger partial charge in [-0.3, -0.25) is 0 Å². The lowest BCUT2D eigenvalue weighted by Crippen LogP contribution is -2.33. The van der Waals surface area contributed by atoms with Crippen LogP contribution in [-0.2, 0) is 10.3 Å². The van der Waals surface area contributed by atoms with Gasteiger partial charge >= 0.3 is 11.9 Å². The summed E-state index contributed by atoms with van der Waals surface area (Å²) in [5.41, 5.74) is 5.02. The molecular formula is C42H37N2O6+. The van der Waals surface area contributed by atoms with Gasteiger partial charge in [-0.2, -0.15) is 0 Å². The summed E-state index contributed by atoms with van der Waals surface area (Å²) in [6.07, 6.45) is 0. The first-order valence-corrected chi connectivity index (χ1v) is 17.2. The van der Waals surface area contributed by atoms with E-state index >= 15 is 0 Å². The van der Waals surface area contributed by atoms with Gasteiger partial charge in [-0.1, -0.05) is 36.4 Å². The second kappa shape index (κ2) is 11.9. The highest BCUT2D eigenvalue weighted by Gasteiger charge is 2.54. The van der Waals surface area contributed by atoms with Gasteiger partial charge in [0.1, 0.15) is 35.9 Å². The number of nitrogens with zero attached hydrogens (tertiary/aromatic N) is 2. The minimum Gasteiger partial charge on any atom is -0.478 e. The number of carboxylic acids is 1. The Balaban J connectivity index is 1.50. The number of carbonyl (C=O) groups is 2. The van der Waals surface area contributed by atoms with E-state index in [1.165, 1.54) is 0 Å². The number of fused-ring (bicyclic) bond motifs is 8. The van der Waals surface area contributed by atoms with E-state index in [4.69, 9.17) is 13.9 Å². The molecule has 3 aliphatic heterocycles. The maximum Gasteiger partial charge on any atom is 0.340 e. The summed E-state index contributed by atoms with van der Waals surface area (Å²) in [7, 11) is 0. The van der Waals surface area contributed by atoms with Crippen molar-refractivity contribution in [2.24, 2.45) is 0 Å². The molecule has 4 aromatic carbocycles. The molecule has 250 valence electrons. The first-order valence-electron chi connectivity index (χ1n) is 17.2. The van der Waals surface area contributed by atoms with Crippen LogP contribution in [-0.4, -0.2) is 43.2 Å². The summed E-state index contributed by atoms with van der Waals surface area (Å²) in [6, 6.07) is 30.4. The fourth-order valence-electron chi connectivity index (χ4n) is 7.78. The molecule has 8 heteroatoms. The molecule has 50 heavy (non-hydrogen) atoms. The van der Waals surface area contributed by atoms with Crippen LogP contribution in [0.5, 0.6) is 11.5 Å². The summed E-state index contributed by atoms with van der Waals surface area (Å²) >= 11 is 0. The van der Waals surface area contributed by atoms with Crippen molar-refractivity contribution in [1.29, 1.82) is 0 Å². The zero-order chi connectivity index (χ0) is 34.7. The molecule has 0 radical (unpaired) electrons. The molecule has 1 atom stereocenters. The van der Waals surface area contributed by atoms with Crippen molar-refractivity contribution in [3.05, 3.63) is 130 Å². The van der Waals surface area contributed by atoms with Gasteiger partial charge in [0, 0.05) is 58.5 Å². The van der Waals surface area contributed by atoms with Crippen LogP contribution in [0.1, 0.15) is 65.1 Å². The molecule has 0 aromatic heterocycles. The van der Waals surface area contributed by atoms with Crippen molar-refractivity contribution in [3.63, 3.8) is 0 Å². The number of hydrogen-bond acceptors (Lipinski definition) is 6. The molecule has 0 bridgehead atoms. The van der Waals surface area contributed by atoms with Crippen LogP contribution in [0.3, 0.4) is 0 Å². The number of carboxylic acid groups (broad SMARTS) is 1. The van der Waals surface area contributed by atoms with Gasteiger partial charge in [0.15, 0.2) is 5.60 Å². The average molecular weight is 666 g/mol. The van der Waals surface area contributed by atoms with Crippen molar-refractivity contribution < 1.29 is 28.6 Å². The summed E-state index contributed by atoms with van der Waals surface area (Å²) in [5.74, 6) is 0.246. The second-order valence-corrected chi connectivity index (χ2v) is 12.6. The van der Waals surface area contributed by atoms with Crippen LogP contribution < -0.4 is 19.6 Å². The molecule has 4 aromatic rings. The molecular weight excluding hydrogens is 628 g/mol. The molecule has 1 N–H and O–H groups in total. The van der Waals surface area contributed by atoms with Crippen molar-refractivity contribution >= 4 is 28.6 Å². The molecule has 0 amide bonds. The lowest BCUT2D eigenvalue weighted by molar-refractivity contribution is 0.0224. The average Bonchev–Trinajstić information content (AvgIpc) is 3.43. The minimum atomic E-state index is -1.29. The Kier molecular flexibility index (Phi) is 7.48. The quantitative estimate of drug-likeness (QED) is 0.105. The normalized spacial score (nSPS) is 15.7. The van der Waals surface area contributed by atoms with E-state index in [1.54, 1.807) is 18.2 Å². The van der Waals surface area contributed by atoms with Gasteiger partial charge in [-0.25, -0.2) is 14.2 Å². The first-order chi connectivity index (χ1) is 24.3. The molecule has 8 rings (SSSR count). The van der Waals surface area contributed by atoms with Crippen LogP contribution in [0.25, 0.3) is 33.4 Å². The topological polar surface area (TPSA) is 92.2 Å². The number of rotatable bonds is 7. The fraction of sp³-hybridized carbons (Fsp3) is 0.214. The molecule has 0 saturated heterocycles. The highest BCUT2D eigenvalue weighted by molar-refractivity contribution is 6.08. The number of aromatic carboxylic acids is 1. The monoisotopic (exact) mass is 665 g/mol. The highest BCUT2D eigenvalue weighted by atomic mass is 16.6. The van der Waals surface area contributed by atoms with Gasteiger partial charge in [0.2, 0.25) is 5.36 Å². The van der Waals surface area contributed by atoms with Crippen molar-refractivity contribution in [3.8, 4) is 33.9 Å². The Bertz CT molecular complexity index is 2400. The van der Waals surface area contributed by atoms with Crippen LogP contribution in [0, 0.1) is 0 Å². The van der Waals surface area contributed by atoms with E-state index in [0.717, 1.165) is 59.5 Å². The molecule has 0 unspecified atom stereocenters. The third-order valence-electron chi connectivity index (χ3n) is 10.2. The minimum absolute atomic E-state index is 0.178. The zero-order valence-electron chi connectivity index (χ0n) is 28.4. The second-order valence-electron chi connectivity index (χ2n) is 12.6. The third kappa shape index (κ3) is 4.55. The molecule has 4 aliphatic rings. The van der Waals surface area contributed by atoms with Crippen molar-refractivity contribution in [2.45, 2.75) is 33.3 Å². The third-order valence-corrected chi connectivity index (χ3v) is 10.2. The van der Waals surface area contributed by atoms with Crippen LogP contribution in [0.4, 0.5) is 5.69 Å². The molecule has 0 fully saturated rings. The van der Waals surface area contributed by atoms with E-state index in [1.807, 2.05) is 78.9 Å². The molecule has 1 aliphatic carbocycles. The number of carbonyl (C=O) groups excluding carboxylic acids is 1. The van der Waals surface area contributed by atoms with E-state index in [9.17, 15) is 14.7 Å². The maximum absolute atomic E-state index is 13.6. The largest absolute Gasteiger partial charge is 0.478 e. The zero-order valence-corrected chi connectivity index (χ0v) is 28.4. The van der Waals surface area contributed by atoms with E-state index in [0.29, 0.717) is 44.9 Å². The van der Waals surface area contributed by atoms with Gasteiger partial charge in [-0.05, 0) is 75.7 Å². The van der Waals surface area contributed by atoms with Crippen molar-refractivity contribution in [2.75, 3.05) is 31.1 Å². The van der Waals surface area contributed by atoms with Crippen molar-refractivity contribution in [1.82, 2.24) is 4.58 Å². The van der Waals surface area contributed by atoms with Crippen LogP contribution in [0.2, 0.25) is 0 Å². The van der Waals surface area contributed by atoms with E-state index in [2.05, 4.69) is 37.2 Å². The van der Waals surface area contributed by atoms with E-state index in [-0.39, 0.29) is 5.56 Å². The Morgan fingerprint density at radius 3 is 2.22 bits per heavy atom. The number of esters is 1. The van der Waals surface area contributed by atoms with Gasteiger partial charge in [0.25, 0.3) is 0 Å². The Morgan fingerprint density at radius 1 is 0.760 bits per heavy atom. The first kappa shape index (κ1) is 31.4. The predicted molar refractivity (Wildman–Crippen MR) is 193 cm³/mol. The predicted octanol–water partition coefficient (Wildman–Crippen LogP) is 8.13. The van der Waals surface area contributed by atoms with Crippen LogP contribution >= 0.6 is 0 Å². The molecule has 1 spiro atoms. The van der Waals surface area contributed by atoms with Gasteiger partial charge < -0.3 is 23.9 Å². The number of ether oxygens (including phenoxy) is 2. The smallest absolute Gasteiger partial charge is 0.340 e. The molecule has 3 heterocycles. The number of hydrogen-bond donors (Lipinski definition) is 1. The van der Waals surface area contributed by atoms with Gasteiger partial charge in [0.05, 0.1) is 22.8 Å². The SMILES string of the molecule is CCN(CC)c1ccc2c(c1)Oc1cc3c(-c4ccccc4C(=O)O)c4ccc(=[N+](CC)CC)cc-4oc3cc1[C@@]21OC(=O)c2ccccc21. The lowest BCUT2D eigenvalue weighted by Gasteiger charge is -2.37.